The Kier molecular flexibility index (Phi) is 5.26. The minimum Gasteiger partial charge on any atom is -0.333 e. The molecule has 2 aromatic rings. The number of nitrogens with zero attached hydrogens (tertiary/aromatic N) is 3. The quantitative estimate of drug-likeness (QED) is 0.809. The van der Waals surface area contributed by atoms with Gasteiger partial charge in [-0.15, -0.1) is 0 Å². The first kappa shape index (κ1) is 19.0. The highest BCUT2D eigenvalue weighted by Crippen LogP contribution is 2.22. The van der Waals surface area contributed by atoms with E-state index in [1.165, 1.54) is 52.8 Å². The van der Waals surface area contributed by atoms with Gasteiger partial charge in [0.1, 0.15) is 5.82 Å². The van der Waals surface area contributed by atoms with Crippen LogP contribution in [-0.4, -0.2) is 49.2 Å². The van der Waals surface area contributed by atoms with Gasteiger partial charge < -0.3 is 4.90 Å². The fourth-order valence-electron chi connectivity index (χ4n) is 3.08. The van der Waals surface area contributed by atoms with Crippen LogP contribution < -0.4 is 0 Å². The molecule has 0 aromatic heterocycles. The largest absolute Gasteiger partial charge is 0.333 e. The first-order valence-electron chi connectivity index (χ1n) is 8.40. The van der Waals surface area contributed by atoms with E-state index in [1.54, 1.807) is 11.8 Å². The summed E-state index contributed by atoms with van der Waals surface area (Å²) < 4.78 is 40.3. The molecule has 0 bridgehead atoms. The van der Waals surface area contributed by atoms with Crippen molar-refractivity contribution in [2.75, 3.05) is 19.6 Å². The predicted octanol–water partition coefficient (Wildman–Crippen LogP) is 2.23. The Morgan fingerprint density at radius 3 is 2.48 bits per heavy atom. The molecule has 1 aliphatic rings. The summed E-state index contributed by atoms with van der Waals surface area (Å²) in [4.78, 5) is 14.3. The summed E-state index contributed by atoms with van der Waals surface area (Å²) >= 11 is 0. The molecule has 1 atom stereocenters. The van der Waals surface area contributed by atoms with Gasteiger partial charge in [-0.1, -0.05) is 6.07 Å². The van der Waals surface area contributed by atoms with Gasteiger partial charge in [0.25, 0.3) is 5.91 Å². The van der Waals surface area contributed by atoms with Gasteiger partial charge >= 0.3 is 0 Å². The maximum absolute atomic E-state index is 13.4. The smallest absolute Gasteiger partial charge is 0.254 e. The Labute approximate surface area is 157 Å². The Bertz CT molecular complexity index is 1000. The van der Waals surface area contributed by atoms with E-state index in [4.69, 9.17) is 5.26 Å². The molecule has 6 nitrogen and oxygen atoms in total. The number of nitriles is 1. The first-order chi connectivity index (χ1) is 12.8. The summed E-state index contributed by atoms with van der Waals surface area (Å²) in [5, 5.41) is 8.84. The summed E-state index contributed by atoms with van der Waals surface area (Å²) in [5.74, 6) is -0.812. The molecule has 8 heteroatoms. The molecular formula is C19H18FN3O3S. The topological polar surface area (TPSA) is 81.5 Å². The maximum atomic E-state index is 13.4. The van der Waals surface area contributed by atoms with Crippen molar-refractivity contribution >= 4 is 15.9 Å². The van der Waals surface area contributed by atoms with Gasteiger partial charge in [0.15, 0.2) is 0 Å². The zero-order valence-electron chi connectivity index (χ0n) is 14.7. The van der Waals surface area contributed by atoms with Crippen molar-refractivity contribution in [2.45, 2.75) is 17.9 Å². The highest BCUT2D eigenvalue weighted by molar-refractivity contribution is 7.89. The highest BCUT2D eigenvalue weighted by Gasteiger charge is 2.34. The number of carbonyl (C=O) groups is 1. The third-order valence-corrected chi connectivity index (χ3v) is 6.42. The Morgan fingerprint density at radius 2 is 1.89 bits per heavy atom. The lowest BCUT2D eigenvalue weighted by Gasteiger charge is -2.39. The lowest BCUT2D eigenvalue weighted by molar-refractivity contribution is 0.0591. The van der Waals surface area contributed by atoms with E-state index in [0.717, 1.165) is 0 Å². The van der Waals surface area contributed by atoms with E-state index in [1.807, 2.05) is 6.07 Å². The van der Waals surface area contributed by atoms with Gasteiger partial charge in [-0.2, -0.15) is 9.57 Å². The third-order valence-electron chi connectivity index (χ3n) is 4.54. The average molecular weight is 387 g/mol. The molecule has 140 valence electrons. The fourth-order valence-corrected chi connectivity index (χ4v) is 4.59. The summed E-state index contributed by atoms with van der Waals surface area (Å²) in [7, 11) is -3.71. The molecule has 1 fully saturated rings. The number of hydrogen-bond acceptors (Lipinski definition) is 4. The lowest BCUT2D eigenvalue weighted by Crippen LogP contribution is -2.55. The van der Waals surface area contributed by atoms with Crippen LogP contribution in [0.2, 0.25) is 0 Å². The highest BCUT2D eigenvalue weighted by atomic mass is 32.2. The zero-order valence-corrected chi connectivity index (χ0v) is 15.5. The van der Waals surface area contributed by atoms with Crippen molar-refractivity contribution < 1.29 is 17.6 Å². The SMILES string of the molecule is C[C@H]1CN(S(=O)(=O)c2ccc(C#N)cc2)CCN1C(=O)c1cccc(F)c1. The number of halogens is 1. The number of rotatable bonds is 3. The van der Waals surface area contributed by atoms with Gasteiger partial charge in [0, 0.05) is 31.2 Å². The Balaban J connectivity index is 1.76. The van der Waals surface area contributed by atoms with Crippen LogP contribution >= 0.6 is 0 Å². The summed E-state index contributed by atoms with van der Waals surface area (Å²) in [5.41, 5.74) is 0.623. The third kappa shape index (κ3) is 3.84. The average Bonchev–Trinajstić information content (AvgIpc) is 2.67. The van der Waals surface area contributed by atoms with Crippen LogP contribution in [0, 0.1) is 17.1 Å². The number of piperazine rings is 1. The van der Waals surface area contributed by atoms with Crippen molar-refractivity contribution in [1.29, 1.82) is 5.26 Å². The zero-order chi connectivity index (χ0) is 19.6. The number of amides is 1. The van der Waals surface area contributed by atoms with Crippen molar-refractivity contribution in [3.8, 4) is 6.07 Å². The predicted molar refractivity (Wildman–Crippen MR) is 96.8 cm³/mol. The Hall–Kier alpha value is -2.76. The Morgan fingerprint density at radius 1 is 1.19 bits per heavy atom. The molecule has 1 aliphatic heterocycles. The van der Waals surface area contributed by atoms with E-state index in [9.17, 15) is 17.6 Å². The monoisotopic (exact) mass is 387 g/mol. The van der Waals surface area contributed by atoms with Crippen molar-refractivity contribution in [3.63, 3.8) is 0 Å². The van der Waals surface area contributed by atoms with Gasteiger partial charge in [0.05, 0.1) is 16.5 Å². The van der Waals surface area contributed by atoms with Crippen molar-refractivity contribution in [1.82, 2.24) is 9.21 Å². The molecular weight excluding hydrogens is 369 g/mol. The number of sulfonamides is 1. The van der Waals surface area contributed by atoms with Crippen LogP contribution in [0.5, 0.6) is 0 Å². The van der Waals surface area contributed by atoms with Crippen LogP contribution in [0.15, 0.2) is 53.4 Å². The van der Waals surface area contributed by atoms with E-state index >= 15 is 0 Å². The molecule has 1 heterocycles. The van der Waals surface area contributed by atoms with Crippen LogP contribution in [-0.2, 0) is 10.0 Å². The standard InChI is InChI=1S/C19H18FN3O3S/c1-14-13-22(27(25,26)18-7-5-15(12-21)6-8-18)9-10-23(14)19(24)16-3-2-4-17(20)11-16/h2-8,11,14H,9-10,13H2,1H3/t14-/m0/s1. The molecule has 3 rings (SSSR count). The van der Waals surface area contributed by atoms with Crippen molar-refractivity contribution in [3.05, 3.63) is 65.5 Å². The van der Waals surface area contributed by atoms with Crippen LogP contribution in [0.25, 0.3) is 0 Å². The molecule has 0 spiro atoms. The van der Waals surface area contributed by atoms with E-state index in [-0.39, 0.29) is 42.0 Å². The van der Waals surface area contributed by atoms with Gasteiger partial charge in [0.2, 0.25) is 10.0 Å². The number of hydrogen-bond donors (Lipinski definition) is 0. The number of carbonyl (C=O) groups excluding carboxylic acids is 1. The molecule has 1 amide bonds. The number of benzene rings is 2. The molecule has 1 saturated heterocycles. The van der Waals surface area contributed by atoms with Crippen LogP contribution in [0.4, 0.5) is 4.39 Å². The second kappa shape index (κ2) is 7.47. The minimum atomic E-state index is -3.71. The molecule has 0 radical (unpaired) electrons. The molecule has 0 saturated carbocycles. The van der Waals surface area contributed by atoms with E-state index in [0.29, 0.717) is 5.56 Å². The fraction of sp³-hybridized carbons (Fsp3) is 0.263. The molecule has 0 aliphatic carbocycles. The summed E-state index contributed by atoms with van der Waals surface area (Å²) in [6, 6.07) is 12.8. The second-order valence-electron chi connectivity index (χ2n) is 6.36. The van der Waals surface area contributed by atoms with Gasteiger partial charge in [-0.05, 0) is 49.4 Å². The van der Waals surface area contributed by atoms with E-state index < -0.39 is 15.8 Å². The molecule has 27 heavy (non-hydrogen) atoms. The van der Waals surface area contributed by atoms with Crippen LogP contribution in [0.3, 0.4) is 0 Å². The van der Waals surface area contributed by atoms with Gasteiger partial charge in [-0.3, -0.25) is 4.79 Å². The molecule has 0 N–H and O–H groups in total. The molecule has 2 aromatic carbocycles. The second-order valence-corrected chi connectivity index (χ2v) is 8.30. The van der Waals surface area contributed by atoms with E-state index in [2.05, 4.69) is 0 Å². The first-order valence-corrected chi connectivity index (χ1v) is 9.84. The van der Waals surface area contributed by atoms with Crippen molar-refractivity contribution in [2.24, 2.45) is 0 Å². The minimum absolute atomic E-state index is 0.110. The summed E-state index contributed by atoms with van der Waals surface area (Å²) in [6.45, 7) is 2.26. The maximum Gasteiger partial charge on any atom is 0.254 e. The van der Waals surface area contributed by atoms with Crippen LogP contribution in [0.1, 0.15) is 22.8 Å². The normalized spacial score (nSPS) is 18.1. The van der Waals surface area contributed by atoms with Gasteiger partial charge in [-0.25, -0.2) is 12.8 Å². The summed E-state index contributed by atoms with van der Waals surface area (Å²) in [6.07, 6.45) is 0. The molecule has 0 unspecified atom stereocenters. The lowest BCUT2D eigenvalue weighted by atomic mass is 10.1.